The van der Waals surface area contributed by atoms with Crippen LogP contribution in [0.2, 0.25) is 0 Å². The van der Waals surface area contributed by atoms with Gasteiger partial charge in [0, 0.05) is 5.69 Å². The Labute approximate surface area is 139 Å². The van der Waals surface area contributed by atoms with E-state index in [9.17, 15) is 9.59 Å². The van der Waals surface area contributed by atoms with Crippen LogP contribution >= 0.6 is 24.0 Å². The monoisotopic (exact) mass is 338 g/mol. The maximum absolute atomic E-state index is 12.1. The lowest BCUT2D eigenvalue weighted by atomic mass is 10.3. The lowest BCUT2D eigenvalue weighted by Gasteiger charge is -2.15. The summed E-state index contributed by atoms with van der Waals surface area (Å²) in [5.74, 6) is 0.398. The maximum Gasteiger partial charge on any atom is 0.244 e. The number of benzene rings is 1. The van der Waals surface area contributed by atoms with Crippen molar-refractivity contribution in [1.82, 2.24) is 4.90 Å². The van der Waals surface area contributed by atoms with E-state index in [1.165, 1.54) is 16.7 Å². The zero-order valence-electron chi connectivity index (χ0n) is 12.5. The Morgan fingerprint density at radius 1 is 1.36 bits per heavy atom. The Hall–Kier alpha value is -1.60. The smallest absolute Gasteiger partial charge is 0.244 e. The summed E-state index contributed by atoms with van der Waals surface area (Å²) in [6.45, 7) is 4.39. The van der Waals surface area contributed by atoms with Crippen LogP contribution in [-0.2, 0) is 9.59 Å². The van der Waals surface area contributed by atoms with Crippen molar-refractivity contribution in [3.05, 3.63) is 24.3 Å². The van der Waals surface area contributed by atoms with Gasteiger partial charge >= 0.3 is 0 Å². The van der Waals surface area contributed by atoms with Crippen LogP contribution in [0.5, 0.6) is 5.75 Å². The van der Waals surface area contributed by atoms with E-state index in [2.05, 4.69) is 5.32 Å². The Morgan fingerprint density at radius 2 is 2.05 bits per heavy atom. The van der Waals surface area contributed by atoms with E-state index < -0.39 is 0 Å². The molecule has 0 aliphatic carbocycles. The first-order valence-corrected chi connectivity index (χ1v) is 8.38. The molecule has 1 aromatic carbocycles. The molecule has 1 saturated heterocycles. The predicted octanol–water partition coefficient (Wildman–Crippen LogP) is 2.66. The summed E-state index contributed by atoms with van der Waals surface area (Å²) in [4.78, 5) is 25.5. The lowest BCUT2D eigenvalue weighted by molar-refractivity contribution is -0.129. The molecule has 1 atom stereocenters. The Kier molecular flexibility index (Phi) is 5.79. The molecular weight excluding hydrogens is 320 g/mol. The van der Waals surface area contributed by atoms with E-state index in [1.54, 1.807) is 24.3 Å². The Balaban J connectivity index is 1.92. The number of nitrogens with one attached hydrogen (secondary N) is 1. The lowest BCUT2D eigenvalue weighted by Crippen LogP contribution is -2.38. The maximum atomic E-state index is 12.1. The summed E-state index contributed by atoms with van der Waals surface area (Å²) in [6.07, 6.45) is 0.709. The number of thiocarbonyl (C=S) groups is 1. The average Bonchev–Trinajstić information content (AvgIpc) is 2.77. The fourth-order valence-electron chi connectivity index (χ4n) is 2.05. The topological polar surface area (TPSA) is 58.6 Å². The molecule has 1 aliphatic heterocycles. The summed E-state index contributed by atoms with van der Waals surface area (Å²) < 4.78 is 5.81. The molecule has 0 bridgehead atoms. The highest BCUT2D eigenvalue weighted by Crippen LogP contribution is 2.29. The minimum absolute atomic E-state index is 0.0472. The van der Waals surface area contributed by atoms with Crippen molar-refractivity contribution in [3.8, 4) is 5.75 Å². The Bertz CT molecular complexity index is 575. The highest BCUT2D eigenvalue weighted by Gasteiger charge is 2.36. The van der Waals surface area contributed by atoms with E-state index in [0.717, 1.165) is 5.75 Å². The number of anilines is 1. The van der Waals surface area contributed by atoms with Crippen molar-refractivity contribution >= 4 is 45.8 Å². The highest BCUT2D eigenvalue weighted by molar-refractivity contribution is 8.24. The summed E-state index contributed by atoms with van der Waals surface area (Å²) in [6, 6.07) is 7.09. The van der Waals surface area contributed by atoms with Gasteiger partial charge in [-0.1, -0.05) is 30.9 Å². The Morgan fingerprint density at radius 3 is 2.59 bits per heavy atom. The molecule has 1 fully saturated rings. The van der Waals surface area contributed by atoms with Crippen molar-refractivity contribution in [3.63, 3.8) is 0 Å². The zero-order chi connectivity index (χ0) is 16.1. The third-order valence-corrected chi connectivity index (χ3v) is 4.88. The number of hydrogen-bond donors (Lipinski definition) is 1. The molecule has 1 aromatic rings. The minimum Gasteiger partial charge on any atom is -0.494 e. The van der Waals surface area contributed by atoms with Crippen LogP contribution in [0.25, 0.3) is 0 Å². The third-order valence-electron chi connectivity index (χ3n) is 3.13. The van der Waals surface area contributed by atoms with Gasteiger partial charge in [-0.25, -0.2) is 0 Å². The number of carbonyl (C=O) groups excluding carboxylic acids is 2. The quantitative estimate of drug-likeness (QED) is 0.808. The zero-order valence-corrected chi connectivity index (χ0v) is 14.1. The average molecular weight is 338 g/mol. The van der Waals surface area contributed by atoms with Gasteiger partial charge in [-0.15, -0.1) is 0 Å². The summed E-state index contributed by atoms with van der Waals surface area (Å²) in [5, 5.41) is 2.59. The molecule has 0 spiro atoms. The van der Waals surface area contributed by atoms with Gasteiger partial charge in [0.15, 0.2) is 0 Å². The third kappa shape index (κ3) is 3.98. The molecule has 0 radical (unpaired) electrons. The van der Waals surface area contributed by atoms with Gasteiger partial charge in [0.25, 0.3) is 0 Å². The van der Waals surface area contributed by atoms with Gasteiger partial charge in [-0.3, -0.25) is 14.5 Å². The van der Waals surface area contributed by atoms with E-state index in [1.807, 2.05) is 13.8 Å². The normalized spacial score (nSPS) is 17.7. The molecule has 2 amide bonds. The molecule has 0 saturated carbocycles. The van der Waals surface area contributed by atoms with Crippen molar-refractivity contribution in [2.24, 2.45) is 0 Å². The second-order valence-electron chi connectivity index (χ2n) is 4.71. The molecule has 1 heterocycles. The summed E-state index contributed by atoms with van der Waals surface area (Å²) in [7, 11) is 0. The van der Waals surface area contributed by atoms with Crippen molar-refractivity contribution in [2.75, 3.05) is 18.5 Å². The van der Waals surface area contributed by atoms with E-state index in [4.69, 9.17) is 17.0 Å². The summed E-state index contributed by atoms with van der Waals surface area (Å²) in [5.41, 5.74) is 0.658. The molecule has 1 unspecified atom stereocenters. The van der Waals surface area contributed by atoms with Crippen molar-refractivity contribution < 1.29 is 14.3 Å². The number of ether oxygens (including phenoxy) is 1. The van der Waals surface area contributed by atoms with Gasteiger partial charge in [0.2, 0.25) is 11.8 Å². The van der Waals surface area contributed by atoms with Gasteiger partial charge in [0.1, 0.15) is 16.6 Å². The van der Waals surface area contributed by atoms with Gasteiger partial charge < -0.3 is 10.1 Å². The first kappa shape index (κ1) is 16.8. The van der Waals surface area contributed by atoms with Crippen LogP contribution in [0.3, 0.4) is 0 Å². The molecule has 5 nitrogen and oxygen atoms in total. The van der Waals surface area contributed by atoms with E-state index in [-0.39, 0.29) is 23.6 Å². The second-order valence-corrected chi connectivity index (χ2v) is 6.55. The van der Waals surface area contributed by atoms with Crippen LogP contribution in [0.15, 0.2) is 24.3 Å². The highest BCUT2D eigenvalue weighted by atomic mass is 32.2. The molecule has 22 heavy (non-hydrogen) atoms. The first-order valence-electron chi connectivity index (χ1n) is 7.09. The standard InChI is InChI=1S/C15H18N2O3S2/c1-3-12-14(19)17(15(21)22-12)9-13(18)16-10-5-7-11(8-6-10)20-4-2/h5-8,12H,3-4,9H2,1-2H3,(H,16,18). The minimum atomic E-state index is -0.266. The van der Waals surface area contributed by atoms with Crippen LogP contribution in [-0.4, -0.2) is 39.4 Å². The SMILES string of the molecule is CCOc1ccc(NC(=O)CN2C(=O)C(CC)SC2=S)cc1. The molecular formula is C15H18N2O3S2. The summed E-state index contributed by atoms with van der Waals surface area (Å²) >= 11 is 6.51. The van der Waals surface area contributed by atoms with Crippen molar-refractivity contribution in [1.29, 1.82) is 0 Å². The van der Waals surface area contributed by atoms with Crippen LogP contribution in [0.4, 0.5) is 5.69 Å². The van der Waals surface area contributed by atoms with Crippen LogP contribution in [0.1, 0.15) is 20.3 Å². The van der Waals surface area contributed by atoms with Gasteiger partial charge in [-0.2, -0.15) is 0 Å². The van der Waals surface area contributed by atoms with Crippen LogP contribution < -0.4 is 10.1 Å². The predicted molar refractivity (Wildman–Crippen MR) is 92.2 cm³/mol. The largest absolute Gasteiger partial charge is 0.494 e. The number of rotatable bonds is 6. The molecule has 7 heteroatoms. The van der Waals surface area contributed by atoms with E-state index >= 15 is 0 Å². The first-order chi connectivity index (χ1) is 10.5. The molecule has 2 rings (SSSR count). The van der Waals surface area contributed by atoms with Gasteiger partial charge in [0.05, 0.1) is 11.9 Å². The molecule has 0 aromatic heterocycles. The number of nitrogens with zero attached hydrogens (tertiary/aromatic N) is 1. The van der Waals surface area contributed by atoms with Crippen LogP contribution in [0, 0.1) is 0 Å². The molecule has 1 aliphatic rings. The molecule has 1 N–H and O–H groups in total. The fourth-order valence-corrected chi connectivity index (χ4v) is 3.47. The number of hydrogen-bond acceptors (Lipinski definition) is 5. The number of carbonyl (C=O) groups is 2. The van der Waals surface area contributed by atoms with Crippen molar-refractivity contribution in [2.45, 2.75) is 25.5 Å². The fraction of sp³-hybridized carbons (Fsp3) is 0.400. The van der Waals surface area contributed by atoms with Gasteiger partial charge in [-0.05, 0) is 37.6 Å². The van der Waals surface area contributed by atoms with E-state index in [0.29, 0.717) is 23.0 Å². The molecule has 118 valence electrons. The number of amides is 2. The number of thioether (sulfide) groups is 1. The second kappa shape index (κ2) is 7.60.